The van der Waals surface area contributed by atoms with Gasteiger partial charge in [0, 0.05) is 5.69 Å². The van der Waals surface area contributed by atoms with Gasteiger partial charge in [-0.25, -0.2) is 4.79 Å². The molecule has 0 aliphatic heterocycles. The van der Waals surface area contributed by atoms with Gasteiger partial charge in [-0.1, -0.05) is 47.1 Å². The molecule has 0 radical (unpaired) electrons. The van der Waals surface area contributed by atoms with Crippen LogP contribution in [0.1, 0.15) is 16.7 Å². The van der Waals surface area contributed by atoms with E-state index in [1.807, 2.05) is 50.2 Å². The summed E-state index contributed by atoms with van der Waals surface area (Å²) >= 11 is 0. The third-order valence-electron chi connectivity index (χ3n) is 2.77. The van der Waals surface area contributed by atoms with Crippen molar-refractivity contribution in [2.45, 2.75) is 13.8 Å². The Balaban J connectivity index is 1.91. The summed E-state index contributed by atoms with van der Waals surface area (Å²) in [5, 5.41) is 6.27. The van der Waals surface area contributed by atoms with E-state index >= 15 is 0 Å². The largest absolute Gasteiger partial charge is 0.437 e. The molecule has 0 heterocycles. The van der Waals surface area contributed by atoms with E-state index < -0.39 is 6.09 Å². The van der Waals surface area contributed by atoms with Crippen LogP contribution in [-0.4, -0.2) is 12.3 Å². The van der Waals surface area contributed by atoms with Crippen LogP contribution in [0, 0.1) is 13.8 Å². The van der Waals surface area contributed by atoms with Crippen LogP contribution in [0.5, 0.6) is 0 Å². The SMILES string of the molecule is Cc1ccc(/C=N/OC(=O)Nc2ccccc2)c(C)c1. The Morgan fingerprint density at radius 2 is 1.90 bits per heavy atom. The quantitative estimate of drug-likeness (QED) is 0.521. The Morgan fingerprint density at radius 1 is 1.15 bits per heavy atom. The first-order chi connectivity index (χ1) is 9.65. The molecule has 4 nitrogen and oxygen atoms in total. The van der Waals surface area contributed by atoms with Crippen LogP contribution in [0.15, 0.2) is 53.7 Å². The van der Waals surface area contributed by atoms with Crippen molar-refractivity contribution in [1.82, 2.24) is 0 Å². The fourth-order valence-corrected chi connectivity index (χ4v) is 1.76. The fraction of sp³-hybridized carbons (Fsp3) is 0.125. The van der Waals surface area contributed by atoms with Gasteiger partial charge in [0.05, 0.1) is 6.21 Å². The zero-order valence-electron chi connectivity index (χ0n) is 11.5. The van der Waals surface area contributed by atoms with Crippen LogP contribution >= 0.6 is 0 Å². The molecule has 0 saturated heterocycles. The molecule has 1 amide bonds. The second-order valence-corrected chi connectivity index (χ2v) is 4.46. The van der Waals surface area contributed by atoms with E-state index in [4.69, 9.17) is 4.84 Å². The molecule has 2 rings (SSSR count). The molecule has 0 bridgehead atoms. The van der Waals surface area contributed by atoms with Crippen molar-refractivity contribution in [3.63, 3.8) is 0 Å². The number of amides is 1. The molecule has 0 spiro atoms. The van der Waals surface area contributed by atoms with E-state index in [2.05, 4.69) is 10.5 Å². The Kier molecular flexibility index (Phi) is 4.50. The summed E-state index contributed by atoms with van der Waals surface area (Å²) in [5.41, 5.74) is 3.85. The van der Waals surface area contributed by atoms with E-state index in [1.165, 1.54) is 11.8 Å². The fourth-order valence-electron chi connectivity index (χ4n) is 1.76. The Labute approximate surface area is 118 Å². The Hall–Kier alpha value is -2.62. The van der Waals surface area contributed by atoms with Crippen LogP contribution in [0.4, 0.5) is 10.5 Å². The molecule has 2 aromatic carbocycles. The minimum atomic E-state index is -0.614. The molecular weight excluding hydrogens is 252 g/mol. The number of nitrogens with zero attached hydrogens (tertiary/aromatic N) is 1. The molecular formula is C16H16N2O2. The van der Waals surface area contributed by atoms with Gasteiger partial charge in [0.15, 0.2) is 0 Å². The normalized spacial score (nSPS) is 10.5. The highest BCUT2D eigenvalue weighted by molar-refractivity contribution is 5.86. The summed E-state index contributed by atoms with van der Waals surface area (Å²) in [4.78, 5) is 16.2. The second-order valence-electron chi connectivity index (χ2n) is 4.46. The maximum atomic E-state index is 11.5. The van der Waals surface area contributed by atoms with Crippen LogP contribution < -0.4 is 5.32 Å². The minimum absolute atomic E-state index is 0.614. The molecule has 2 aromatic rings. The van der Waals surface area contributed by atoms with Crippen LogP contribution in [0.25, 0.3) is 0 Å². The predicted octanol–water partition coefficient (Wildman–Crippen LogP) is 3.89. The number of carbonyl (C=O) groups excluding carboxylic acids is 1. The summed E-state index contributed by atoms with van der Waals surface area (Å²) in [7, 11) is 0. The maximum Gasteiger partial charge on any atom is 0.437 e. The van der Waals surface area contributed by atoms with Crippen molar-refractivity contribution in [3.8, 4) is 0 Å². The summed E-state index contributed by atoms with van der Waals surface area (Å²) in [6.45, 7) is 4.01. The Bertz CT molecular complexity index is 622. The van der Waals surface area contributed by atoms with E-state index in [0.29, 0.717) is 5.69 Å². The zero-order chi connectivity index (χ0) is 14.4. The number of hydrogen-bond acceptors (Lipinski definition) is 3. The average molecular weight is 268 g/mol. The molecule has 1 N–H and O–H groups in total. The van der Waals surface area contributed by atoms with Gasteiger partial charge in [0.2, 0.25) is 0 Å². The molecule has 102 valence electrons. The number of aryl methyl sites for hydroxylation is 2. The van der Waals surface area contributed by atoms with Gasteiger partial charge in [0.25, 0.3) is 0 Å². The molecule has 0 aliphatic rings. The molecule has 0 atom stereocenters. The highest BCUT2D eigenvalue weighted by atomic mass is 16.7. The highest BCUT2D eigenvalue weighted by Crippen LogP contribution is 2.08. The summed E-state index contributed by atoms with van der Waals surface area (Å²) in [6, 6.07) is 15.0. The molecule has 0 saturated carbocycles. The lowest BCUT2D eigenvalue weighted by molar-refractivity contribution is 0.167. The smallest absolute Gasteiger partial charge is 0.298 e. The standard InChI is InChI=1S/C16H16N2O2/c1-12-8-9-14(13(2)10-12)11-17-20-16(19)18-15-6-4-3-5-7-15/h3-11H,1-2H3,(H,18,19)/b17-11+. The average Bonchev–Trinajstić information content (AvgIpc) is 2.42. The third kappa shape index (κ3) is 3.95. The van der Waals surface area contributed by atoms with Gasteiger partial charge in [-0.3, -0.25) is 10.2 Å². The number of benzene rings is 2. The minimum Gasteiger partial charge on any atom is -0.298 e. The highest BCUT2D eigenvalue weighted by Gasteiger charge is 2.01. The first-order valence-electron chi connectivity index (χ1n) is 6.29. The number of nitrogens with one attached hydrogen (secondary N) is 1. The molecule has 20 heavy (non-hydrogen) atoms. The molecule has 0 fully saturated rings. The summed E-state index contributed by atoms with van der Waals surface area (Å²) < 4.78 is 0. The van der Waals surface area contributed by atoms with Crippen molar-refractivity contribution in [3.05, 3.63) is 65.2 Å². The number of rotatable bonds is 3. The molecule has 0 aliphatic carbocycles. The summed E-state index contributed by atoms with van der Waals surface area (Å²) in [5.74, 6) is 0. The van der Waals surface area contributed by atoms with E-state index in [0.717, 1.165) is 11.1 Å². The number of para-hydroxylation sites is 1. The molecule has 4 heteroatoms. The lowest BCUT2D eigenvalue weighted by Crippen LogP contribution is -2.10. The Morgan fingerprint density at radius 3 is 2.60 bits per heavy atom. The first-order valence-corrected chi connectivity index (χ1v) is 6.29. The zero-order valence-corrected chi connectivity index (χ0v) is 11.5. The van der Waals surface area contributed by atoms with Crippen LogP contribution in [-0.2, 0) is 4.84 Å². The third-order valence-corrected chi connectivity index (χ3v) is 2.77. The lowest BCUT2D eigenvalue weighted by Gasteiger charge is -2.02. The van der Waals surface area contributed by atoms with E-state index in [-0.39, 0.29) is 0 Å². The molecule has 0 unspecified atom stereocenters. The topological polar surface area (TPSA) is 50.7 Å². The number of anilines is 1. The van der Waals surface area contributed by atoms with Crippen molar-refractivity contribution < 1.29 is 9.63 Å². The lowest BCUT2D eigenvalue weighted by atomic mass is 10.1. The number of oxime groups is 1. The summed E-state index contributed by atoms with van der Waals surface area (Å²) in [6.07, 6.45) is 0.913. The van der Waals surface area contributed by atoms with Crippen molar-refractivity contribution in [2.75, 3.05) is 5.32 Å². The number of carbonyl (C=O) groups is 1. The predicted molar refractivity (Wildman–Crippen MR) is 80.1 cm³/mol. The molecule has 0 aromatic heterocycles. The van der Waals surface area contributed by atoms with Gasteiger partial charge >= 0.3 is 6.09 Å². The monoisotopic (exact) mass is 268 g/mol. The van der Waals surface area contributed by atoms with Crippen molar-refractivity contribution in [2.24, 2.45) is 5.16 Å². The van der Waals surface area contributed by atoms with E-state index in [9.17, 15) is 4.79 Å². The van der Waals surface area contributed by atoms with Crippen molar-refractivity contribution in [1.29, 1.82) is 0 Å². The van der Waals surface area contributed by atoms with Gasteiger partial charge < -0.3 is 0 Å². The van der Waals surface area contributed by atoms with Crippen LogP contribution in [0.2, 0.25) is 0 Å². The van der Waals surface area contributed by atoms with Crippen molar-refractivity contribution >= 4 is 18.0 Å². The van der Waals surface area contributed by atoms with Gasteiger partial charge in [-0.05, 0) is 37.1 Å². The van der Waals surface area contributed by atoms with Gasteiger partial charge in [-0.2, -0.15) is 0 Å². The van der Waals surface area contributed by atoms with E-state index in [1.54, 1.807) is 12.1 Å². The van der Waals surface area contributed by atoms with Gasteiger partial charge in [-0.15, -0.1) is 0 Å². The second kappa shape index (κ2) is 6.52. The first kappa shape index (κ1) is 13.8. The maximum absolute atomic E-state index is 11.5. The number of hydrogen-bond donors (Lipinski definition) is 1. The van der Waals surface area contributed by atoms with Crippen LogP contribution in [0.3, 0.4) is 0 Å². The van der Waals surface area contributed by atoms with Gasteiger partial charge in [0.1, 0.15) is 0 Å².